The molecule has 2 aromatic rings. The number of carboxylic acid groups (broad SMARTS) is 1. The third-order valence-corrected chi connectivity index (χ3v) is 5.10. The van der Waals surface area contributed by atoms with E-state index < -0.39 is 5.97 Å². The number of benzene rings is 1. The first kappa shape index (κ1) is 13.5. The molecule has 0 atom stereocenters. The topological polar surface area (TPSA) is 63.3 Å². The highest BCUT2D eigenvalue weighted by molar-refractivity contribution is 9.10. The number of carbonyl (C=O) groups is 1. The maximum atomic E-state index is 10.8. The SMILES string of the molecule is Nc1cc(Br)ccc1SCc1ccc(C(=O)O)s1. The Bertz CT molecular complexity index is 583. The van der Waals surface area contributed by atoms with Gasteiger partial charge in [-0.25, -0.2) is 4.79 Å². The van der Waals surface area contributed by atoms with Crippen molar-refractivity contribution in [3.8, 4) is 0 Å². The summed E-state index contributed by atoms with van der Waals surface area (Å²) in [6.07, 6.45) is 0. The third kappa shape index (κ3) is 3.28. The highest BCUT2D eigenvalue weighted by Gasteiger charge is 2.08. The first-order valence-corrected chi connectivity index (χ1v) is 7.65. The normalized spacial score (nSPS) is 10.5. The fourth-order valence-electron chi connectivity index (χ4n) is 1.37. The molecule has 1 aromatic heterocycles. The van der Waals surface area contributed by atoms with Crippen LogP contribution in [0.1, 0.15) is 14.5 Å². The second-order valence-electron chi connectivity index (χ2n) is 3.54. The highest BCUT2D eigenvalue weighted by atomic mass is 79.9. The van der Waals surface area contributed by atoms with Gasteiger partial charge in [0.15, 0.2) is 0 Å². The summed E-state index contributed by atoms with van der Waals surface area (Å²) in [5, 5.41) is 8.84. The molecule has 0 aliphatic rings. The van der Waals surface area contributed by atoms with Gasteiger partial charge in [-0.05, 0) is 30.3 Å². The van der Waals surface area contributed by atoms with Crippen molar-refractivity contribution in [2.24, 2.45) is 0 Å². The van der Waals surface area contributed by atoms with Crippen LogP contribution in [0.5, 0.6) is 0 Å². The van der Waals surface area contributed by atoms with Crippen molar-refractivity contribution in [3.63, 3.8) is 0 Å². The molecule has 18 heavy (non-hydrogen) atoms. The van der Waals surface area contributed by atoms with Gasteiger partial charge in [-0.1, -0.05) is 15.9 Å². The zero-order valence-corrected chi connectivity index (χ0v) is 12.4. The summed E-state index contributed by atoms with van der Waals surface area (Å²) >= 11 is 6.26. The Labute approximate surface area is 121 Å². The zero-order valence-electron chi connectivity index (χ0n) is 9.22. The van der Waals surface area contributed by atoms with Crippen molar-refractivity contribution in [2.75, 3.05) is 5.73 Å². The van der Waals surface area contributed by atoms with E-state index in [2.05, 4.69) is 15.9 Å². The van der Waals surface area contributed by atoms with E-state index >= 15 is 0 Å². The number of nitrogens with two attached hydrogens (primary N) is 1. The van der Waals surface area contributed by atoms with Crippen LogP contribution < -0.4 is 5.73 Å². The first-order valence-electron chi connectivity index (χ1n) is 5.06. The van der Waals surface area contributed by atoms with E-state index in [0.717, 1.165) is 25.7 Å². The summed E-state index contributed by atoms with van der Waals surface area (Å²) in [6.45, 7) is 0. The molecule has 0 saturated heterocycles. The summed E-state index contributed by atoms with van der Waals surface area (Å²) in [5.74, 6) is -0.150. The van der Waals surface area contributed by atoms with Gasteiger partial charge < -0.3 is 10.8 Å². The van der Waals surface area contributed by atoms with Crippen LogP contribution in [0.2, 0.25) is 0 Å². The molecule has 0 saturated carbocycles. The minimum absolute atomic E-state index is 0.370. The van der Waals surface area contributed by atoms with Crippen LogP contribution in [-0.2, 0) is 5.75 Å². The smallest absolute Gasteiger partial charge is 0.345 e. The molecule has 0 amide bonds. The fraction of sp³-hybridized carbons (Fsp3) is 0.0833. The summed E-state index contributed by atoms with van der Waals surface area (Å²) < 4.78 is 0.952. The van der Waals surface area contributed by atoms with Crippen molar-refractivity contribution in [3.05, 3.63) is 44.6 Å². The molecule has 0 aliphatic heterocycles. The van der Waals surface area contributed by atoms with Crippen molar-refractivity contribution < 1.29 is 9.90 Å². The van der Waals surface area contributed by atoms with E-state index in [1.54, 1.807) is 17.8 Å². The standard InChI is InChI=1S/C12H10BrNO2S2/c13-7-1-3-10(9(14)5-7)17-6-8-2-4-11(18-8)12(15)16/h1-5H,6,14H2,(H,15,16). The number of nitrogen functional groups attached to an aromatic ring is 1. The summed E-state index contributed by atoms with van der Waals surface area (Å²) in [6, 6.07) is 9.23. The van der Waals surface area contributed by atoms with Crippen LogP contribution in [0, 0.1) is 0 Å². The minimum Gasteiger partial charge on any atom is -0.477 e. The maximum absolute atomic E-state index is 10.8. The van der Waals surface area contributed by atoms with Gasteiger partial charge in [0.2, 0.25) is 0 Å². The number of thiophene rings is 1. The van der Waals surface area contributed by atoms with Crippen molar-refractivity contribution in [1.29, 1.82) is 0 Å². The second-order valence-corrected chi connectivity index (χ2v) is 6.64. The molecule has 3 nitrogen and oxygen atoms in total. The van der Waals surface area contributed by atoms with Crippen molar-refractivity contribution in [2.45, 2.75) is 10.6 Å². The lowest BCUT2D eigenvalue weighted by atomic mass is 10.3. The molecule has 0 aliphatic carbocycles. The first-order chi connectivity index (χ1) is 8.56. The van der Waals surface area contributed by atoms with Crippen LogP contribution in [-0.4, -0.2) is 11.1 Å². The van der Waals surface area contributed by atoms with Crippen LogP contribution in [0.15, 0.2) is 39.7 Å². The second kappa shape index (κ2) is 5.77. The average Bonchev–Trinajstić information content (AvgIpc) is 2.76. The lowest BCUT2D eigenvalue weighted by molar-refractivity contribution is 0.0702. The van der Waals surface area contributed by atoms with Gasteiger partial charge in [0.05, 0.1) is 0 Å². The molecular formula is C12H10BrNO2S2. The lowest BCUT2D eigenvalue weighted by Crippen LogP contribution is -1.89. The third-order valence-electron chi connectivity index (χ3n) is 2.21. The van der Waals surface area contributed by atoms with E-state index in [0.29, 0.717) is 4.88 Å². The molecular weight excluding hydrogens is 334 g/mol. The number of hydrogen-bond acceptors (Lipinski definition) is 4. The molecule has 1 aromatic carbocycles. The van der Waals surface area contributed by atoms with Gasteiger partial charge in [-0.2, -0.15) is 0 Å². The monoisotopic (exact) mass is 343 g/mol. The average molecular weight is 344 g/mol. The van der Waals surface area contributed by atoms with E-state index in [1.807, 2.05) is 24.3 Å². The number of anilines is 1. The lowest BCUT2D eigenvalue weighted by Gasteiger charge is -2.04. The molecule has 0 bridgehead atoms. The summed E-state index contributed by atoms with van der Waals surface area (Å²) in [5.41, 5.74) is 6.62. The Hall–Kier alpha value is -0.980. The molecule has 0 fully saturated rings. The van der Waals surface area contributed by atoms with E-state index in [9.17, 15) is 4.79 Å². The molecule has 2 rings (SSSR count). The Morgan fingerprint density at radius 2 is 2.17 bits per heavy atom. The Kier molecular flexibility index (Phi) is 4.31. The molecule has 6 heteroatoms. The molecule has 94 valence electrons. The molecule has 0 unspecified atom stereocenters. The van der Waals surface area contributed by atoms with Gasteiger partial charge in [-0.3, -0.25) is 0 Å². The number of halogens is 1. The number of hydrogen-bond donors (Lipinski definition) is 2. The van der Waals surface area contributed by atoms with Gasteiger partial charge >= 0.3 is 5.97 Å². The Morgan fingerprint density at radius 1 is 1.39 bits per heavy atom. The number of thioether (sulfide) groups is 1. The van der Waals surface area contributed by atoms with Gasteiger partial charge in [0, 0.05) is 25.7 Å². The minimum atomic E-state index is -0.876. The Balaban J connectivity index is 2.04. The zero-order chi connectivity index (χ0) is 13.1. The van der Waals surface area contributed by atoms with Gasteiger partial charge in [0.25, 0.3) is 0 Å². The van der Waals surface area contributed by atoms with Crippen LogP contribution >= 0.6 is 39.0 Å². The van der Waals surface area contributed by atoms with Crippen molar-refractivity contribution >= 4 is 50.7 Å². The number of carboxylic acids is 1. The molecule has 0 spiro atoms. The predicted molar refractivity (Wildman–Crippen MR) is 79.4 cm³/mol. The number of aromatic carboxylic acids is 1. The van der Waals surface area contributed by atoms with E-state index in [4.69, 9.17) is 10.8 Å². The van der Waals surface area contributed by atoms with Crippen LogP contribution in [0.25, 0.3) is 0 Å². The van der Waals surface area contributed by atoms with Crippen LogP contribution in [0.4, 0.5) is 5.69 Å². The van der Waals surface area contributed by atoms with E-state index in [1.165, 1.54) is 11.3 Å². The molecule has 1 heterocycles. The largest absolute Gasteiger partial charge is 0.477 e. The molecule has 3 N–H and O–H groups in total. The van der Waals surface area contributed by atoms with Gasteiger partial charge in [0.1, 0.15) is 4.88 Å². The molecule has 0 radical (unpaired) electrons. The highest BCUT2D eigenvalue weighted by Crippen LogP contribution is 2.32. The predicted octanol–water partition coefficient (Wildman–Crippen LogP) is 4.08. The summed E-state index contributed by atoms with van der Waals surface area (Å²) in [4.78, 5) is 13.2. The van der Waals surface area contributed by atoms with Crippen molar-refractivity contribution in [1.82, 2.24) is 0 Å². The quantitative estimate of drug-likeness (QED) is 0.648. The van der Waals surface area contributed by atoms with E-state index in [-0.39, 0.29) is 0 Å². The summed E-state index contributed by atoms with van der Waals surface area (Å²) in [7, 11) is 0. The Morgan fingerprint density at radius 3 is 2.78 bits per heavy atom. The number of rotatable bonds is 4. The fourth-order valence-corrected chi connectivity index (χ4v) is 3.59. The maximum Gasteiger partial charge on any atom is 0.345 e. The van der Waals surface area contributed by atoms with Gasteiger partial charge in [-0.15, -0.1) is 23.1 Å². The van der Waals surface area contributed by atoms with Crippen LogP contribution in [0.3, 0.4) is 0 Å².